The number of carboxylic acids is 1. The highest BCUT2D eigenvalue weighted by Crippen LogP contribution is 2.23. The van der Waals surface area contributed by atoms with Crippen LogP contribution in [-0.2, 0) is 17.3 Å². The van der Waals surface area contributed by atoms with Crippen LogP contribution in [0.2, 0.25) is 0 Å². The molecule has 1 atom stereocenters. The number of nitrogens with zero attached hydrogens (tertiary/aromatic N) is 1. The number of rotatable bonds is 5. The molecule has 126 valence electrons. The van der Waals surface area contributed by atoms with Gasteiger partial charge in [-0.2, -0.15) is 0 Å². The lowest BCUT2D eigenvalue weighted by Crippen LogP contribution is -2.46. The number of H-pyrrole nitrogens is 1. The number of aliphatic carboxylic acids is 1. The summed E-state index contributed by atoms with van der Waals surface area (Å²) < 4.78 is 0.766. The van der Waals surface area contributed by atoms with Gasteiger partial charge in [0, 0.05) is 19.8 Å². The van der Waals surface area contributed by atoms with E-state index in [1.54, 1.807) is 30.3 Å². The first kappa shape index (κ1) is 17.2. The molecule has 0 saturated heterocycles. The van der Waals surface area contributed by atoms with Crippen molar-refractivity contribution in [2.24, 2.45) is 7.05 Å². The van der Waals surface area contributed by atoms with E-state index in [0.29, 0.717) is 5.56 Å². The molecule has 0 saturated carbocycles. The molecule has 1 heterocycles. The molecule has 2 rings (SSSR count). The van der Waals surface area contributed by atoms with Crippen molar-refractivity contribution < 1.29 is 14.7 Å². The van der Waals surface area contributed by atoms with Crippen LogP contribution in [0.1, 0.15) is 22.8 Å². The molecule has 24 heavy (non-hydrogen) atoms. The molecule has 2 aromatic rings. The lowest BCUT2D eigenvalue weighted by Gasteiger charge is -2.25. The molecule has 3 N–H and O–H groups in total. The summed E-state index contributed by atoms with van der Waals surface area (Å²) >= 11 is 0. The van der Waals surface area contributed by atoms with Crippen molar-refractivity contribution in [2.75, 3.05) is 6.54 Å². The minimum absolute atomic E-state index is 0.215. The van der Waals surface area contributed by atoms with Gasteiger partial charge in [0.2, 0.25) is 0 Å². The molecule has 0 aliphatic heterocycles. The summed E-state index contributed by atoms with van der Waals surface area (Å²) in [5.74, 6) is -1.86. The lowest BCUT2D eigenvalue weighted by molar-refractivity contribution is -0.142. The molecule has 0 fully saturated rings. The van der Waals surface area contributed by atoms with Gasteiger partial charge in [-0.1, -0.05) is 30.3 Å². The predicted octanol–water partition coefficient (Wildman–Crippen LogP) is -0.154. The Hall–Kier alpha value is -3.16. The van der Waals surface area contributed by atoms with Gasteiger partial charge in [0.05, 0.1) is 0 Å². The van der Waals surface area contributed by atoms with Gasteiger partial charge in [-0.05, 0) is 12.5 Å². The van der Waals surface area contributed by atoms with Gasteiger partial charge in [-0.25, -0.2) is 4.79 Å². The number of carbonyl (C=O) groups excluding carboxylic acids is 1. The summed E-state index contributed by atoms with van der Waals surface area (Å²) in [5.41, 5.74) is -2.50. The molecule has 0 bridgehead atoms. The molecule has 1 unspecified atom stereocenters. The third kappa shape index (κ3) is 3.12. The lowest BCUT2D eigenvalue weighted by atomic mass is 9.82. The fraction of sp³-hybridized carbons (Fsp3) is 0.250. The van der Waals surface area contributed by atoms with Crippen molar-refractivity contribution in [3.05, 3.63) is 68.5 Å². The Morgan fingerprint density at radius 1 is 1.25 bits per heavy atom. The van der Waals surface area contributed by atoms with E-state index in [9.17, 15) is 24.3 Å². The van der Waals surface area contributed by atoms with Crippen molar-refractivity contribution in [1.29, 1.82) is 0 Å². The number of aromatic nitrogens is 2. The fourth-order valence-electron chi connectivity index (χ4n) is 2.19. The van der Waals surface area contributed by atoms with Gasteiger partial charge in [-0.15, -0.1) is 0 Å². The van der Waals surface area contributed by atoms with E-state index in [2.05, 4.69) is 10.3 Å². The van der Waals surface area contributed by atoms with E-state index in [1.807, 2.05) is 0 Å². The van der Waals surface area contributed by atoms with Gasteiger partial charge < -0.3 is 15.4 Å². The van der Waals surface area contributed by atoms with Gasteiger partial charge in [-0.3, -0.25) is 19.0 Å². The zero-order chi connectivity index (χ0) is 17.9. The van der Waals surface area contributed by atoms with Crippen molar-refractivity contribution in [2.45, 2.75) is 12.3 Å². The largest absolute Gasteiger partial charge is 0.481 e. The Balaban J connectivity index is 2.27. The zero-order valence-corrected chi connectivity index (χ0v) is 13.2. The van der Waals surface area contributed by atoms with Crippen LogP contribution in [0.15, 0.2) is 46.1 Å². The normalized spacial score (nSPS) is 13.1. The van der Waals surface area contributed by atoms with Crippen LogP contribution in [0.4, 0.5) is 0 Å². The first-order chi connectivity index (χ1) is 11.3. The highest BCUT2D eigenvalue weighted by molar-refractivity contribution is 5.94. The number of nitrogens with one attached hydrogen (secondary N) is 2. The van der Waals surface area contributed by atoms with Crippen LogP contribution in [0, 0.1) is 0 Å². The standard InChI is InChI=1S/C16H17N3O5/c1-16(14(22)23,10-6-4-3-5-7-10)9-18-12(20)11-8-17-15(24)19(2)13(11)21/h3-8H,9H2,1-2H3,(H,17,24)(H,18,20)(H,22,23). The molecule has 0 aliphatic rings. The van der Waals surface area contributed by atoms with Crippen LogP contribution in [0.5, 0.6) is 0 Å². The number of hydrogen-bond donors (Lipinski definition) is 3. The van der Waals surface area contributed by atoms with Gasteiger partial charge in [0.1, 0.15) is 11.0 Å². The van der Waals surface area contributed by atoms with E-state index < -0.39 is 28.5 Å². The second kappa shape index (κ2) is 6.53. The minimum atomic E-state index is -1.36. The Labute approximate surface area is 136 Å². The van der Waals surface area contributed by atoms with E-state index >= 15 is 0 Å². The van der Waals surface area contributed by atoms with Crippen LogP contribution in [0.25, 0.3) is 0 Å². The van der Waals surface area contributed by atoms with Crippen molar-refractivity contribution >= 4 is 11.9 Å². The highest BCUT2D eigenvalue weighted by atomic mass is 16.4. The molecular weight excluding hydrogens is 314 g/mol. The smallest absolute Gasteiger partial charge is 0.328 e. The summed E-state index contributed by atoms with van der Waals surface area (Å²) in [5, 5.41) is 12.0. The molecule has 8 nitrogen and oxygen atoms in total. The average Bonchev–Trinajstić information content (AvgIpc) is 2.58. The third-order valence-electron chi connectivity index (χ3n) is 3.91. The van der Waals surface area contributed by atoms with Crippen LogP contribution in [-0.4, -0.2) is 33.1 Å². The van der Waals surface area contributed by atoms with Gasteiger partial charge >= 0.3 is 11.7 Å². The van der Waals surface area contributed by atoms with Crippen molar-refractivity contribution in [3.8, 4) is 0 Å². The maximum absolute atomic E-state index is 12.2. The minimum Gasteiger partial charge on any atom is -0.481 e. The molecule has 0 spiro atoms. The van der Waals surface area contributed by atoms with E-state index in [0.717, 1.165) is 10.8 Å². The Kier molecular flexibility index (Phi) is 4.68. The number of carbonyl (C=O) groups is 2. The molecule has 8 heteroatoms. The Bertz CT molecular complexity index is 885. The summed E-state index contributed by atoms with van der Waals surface area (Å²) in [4.78, 5) is 49.4. The number of hydrogen-bond acceptors (Lipinski definition) is 4. The first-order valence-corrected chi connectivity index (χ1v) is 7.13. The first-order valence-electron chi connectivity index (χ1n) is 7.13. The molecule has 0 radical (unpaired) electrons. The number of carboxylic acid groups (broad SMARTS) is 1. The Morgan fingerprint density at radius 2 is 1.88 bits per heavy atom. The molecular formula is C16H17N3O5. The van der Waals surface area contributed by atoms with Crippen LogP contribution < -0.4 is 16.6 Å². The predicted molar refractivity (Wildman–Crippen MR) is 86.1 cm³/mol. The maximum atomic E-state index is 12.2. The van der Waals surface area contributed by atoms with Gasteiger partial charge in [0.15, 0.2) is 0 Å². The number of aromatic amines is 1. The Morgan fingerprint density at radius 3 is 2.46 bits per heavy atom. The molecule has 1 amide bonds. The number of benzene rings is 1. The fourth-order valence-corrected chi connectivity index (χ4v) is 2.19. The van der Waals surface area contributed by atoms with Crippen molar-refractivity contribution in [3.63, 3.8) is 0 Å². The summed E-state index contributed by atoms with van der Waals surface area (Å²) in [7, 11) is 1.24. The highest BCUT2D eigenvalue weighted by Gasteiger charge is 2.35. The molecule has 0 aliphatic carbocycles. The van der Waals surface area contributed by atoms with Crippen LogP contribution in [0.3, 0.4) is 0 Å². The van der Waals surface area contributed by atoms with Crippen molar-refractivity contribution in [1.82, 2.24) is 14.9 Å². The second-order valence-electron chi connectivity index (χ2n) is 5.56. The molecule has 1 aromatic heterocycles. The second-order valence-corrected chi connectivity index (χ2v) is 5.56. The SMILES string of the molecule is Cn1c(=O)[nH]cc(C(=O)NCC(C)(C(=O)O)c2ccccc2)c1=O. The van der Waals surface area contributed by atoms with Gasteiger partial charge in [0.25, 0.3) is 11.5 Å². The quantitative estimate of drug-likeness (QED) is 0.703. The third-order valence-corrected chi connectivity index (χ3v) is 3.91. The number of amides is 1. The summed E-state index contributed by atoms with van der Waals surface area (Å²) in [6.07, 6.45) is 1.01. The van der Waals surface area contributed by atoms with Crippen LogP contribution >= 0.6 is 0 Å². The average molecular weight is 331 g/mol. The maximum Gasteiger partial charge on any atom is 0.328 e. The molecule has 1 aromatic carbocycles. The monoisotopic (exact) mass is 331 g/mol. The zero-order valence-electron chi connectivity index (χ0n) is 13.2. The van der Waals surface area contributed by atoms with E-state index in [4.69, 9.17) is 0 Å². The summed E-state index contributed by atoms with van der Waals surface area (Å²) in [6.45, 7) is 1.27. The topological polar surface area (TPSA) is 121 Å². The summed E-state index contributed by atoms with van der Waals surface area (Å²) in [6, 6.07) is 8.47. The van der Waals surface area contributed by atoms with E-state index in [1.165, 1.54) is 14.0 Å². The van der Waals surface area contributed by atoms with E-state index in [-0.39, 0.29) is 12.1 Å².